The van der Waals surface area contributed by atoms with Gasteiger partial charge >= 0.3 is 0 Å². The molecule has 2 fully saturated rings. The van der Waals surface area contributed by atoms with E-state index in [-0.39, 0.29) is 5.91 Å². The fourth-order valence-electron chi connectivity index (χ4n) is 3.68. The zero-order valence-electron chi connectivity index (χ0n) is 13.2. The van der Waals surface area contributed by atoms with Gasteiger partial charge < -0.3 is 10.0 Å². The molecule has 3 rings (SSSR count). The standard InChI is InChI=1S/C18H26N2O2/c21-17(15-7-2-1-3-8-15)13-16-9-6-12-20(16)14-18(22)19-10-4-5-11-19/h1-3,7-8,16-17,21H,4-6,9-14H2. The molecule has 2 atom stereocenters. The quantitative estimate of drug-likeness (QED) is 0.907. The molecular weight excluding hydrogens is 276 g/mol. The highest BCUT2D eigenvalue weighted by atomic mass is 16.3. The Hall–Kier alpha value is -1.39. The molecule has 0 aliphatic carbocycles. The summed E-state index contributed by atoms with van der Waals surface area (Å²) in [7, 11) is 0. The molecule has 0 radical (unpaired) electrons. The number of rotatable bonds is 5. The van der Waals surface area contributed by atoms with Gasteiger partial charge in [-0.3, -0.25) is 9.69 Å². The van der Waals surface area contributed by atoms with E-state index in [2.05, 4.69) is 4.90 Å². The molecule has 1 amide bonds. The lowest BCUT2D eigenvalue weighted by molar-refractivity contribution is -0.131. The van der Waals surface area contributed by atoms with Crippen LogP contribution in [0, 0.1) is 0 Å². The molecular formula is C18H26N2O2. The summed E-state index contributed by atoms with van der Waals surface area (Å²) in [6.45, 7) is 3.34. The maximum atomic E-state index is 12.3. The van der Waals surface area contributed by atoms with Crippen LogP contribution in [0.5, 0.6) is 0 Å². The SMILES string of the molecule is O=C(CN1CCCC1CC(O)c1ccccc1)N1CCCC1. The maximum Gasteiger partial charge on any atom is 0.236 e. The summed E-state index contributed by atoms with van der Waals surface area (Å²) in [5.41, 5.74) is 0.972. The van der Waals surface area contributed by atoms with Crippen molar-refractivity contribution in [1.82, 2.24) is 9.80 Å². The van der Waals surface area contributed by atoms with Crippen molar-refractivity contribution >= 4 is 5.91 Å². The maximum absolute atomic E-state index is 12.3. The van der Waals surface area contributed by atoms with Crippen molar-refractivity contribution in [3.8, 4) is 0 Å². The highest BCUT2D eigenvalue weighted by molar-refractivity contribution is 5.78. The fraction of sp³-hybridized carbons (Fsp3) is 0.611. The minimum absolute atomic E-state index is 0.263. The highest BCUT2D eigenvalue weighted by Crippen LogP contribution is 2.27. The predicted octanol–water partition coefficient (Wildman–Crippen LogP) is 2.20. The lowest BCUT2D eigenvalue weighted by Crippen LogP contribution is -2.41. The Morgan fingerprint density at radius 3 is 2.59 bits per heavy atom. The Labute approximate surface area is 132 Å². The molecule has 0 aromatic heterocycles. The van der Waals surface area contributed by atoms with Gasteiger partial charge in [-0.05, 0) is 44.2 Å². The first-order valence-electron chi connectivity index (χ1n) is 8.49. The summed E-state index contributed by atoms with van der Waals surface area (Å²) in [6, 6.07) is 10.1. The third kappa shape index (κ3) is 3.68. The average molecular weight is 302 g/mol. The molecule has 2 unspecified atom stereocenters. The molecule has 1 aromatic carbocycles. The number of nitrogens with zero attached hydrogens (tertiary/aromatic N) is 2. The second kappa shape index (κ2) is 7.25. The van der Waals surface area contributed by atoms with E-state index in [4.69, 9.17) is 0 Å². The fourth-order valence-corrected chi connectivity index (χ4v) is 3.68. The normalized spacial score (nSPS) is 23.9. The number of likely N-dealkylation sites (tertiary alicyclic amines) is 2. The van der Waals surface area contributed by atoms with E-state index < -0.39 is 6.10 Å². The zero-order chi connectivity index (χ0) is 15.4. The summed E-state index contributed by atoms with van der Waals surface area (Å²) in [5, 5.41) is 10.4. The molecule has 0 spiro atoms. The first-order valence-corrected chi connectivity index (χ1v) is 8.49. The Balaban J connectivity index is 1.55. The van der Waals surface area contributed by atoms with Crippen molar-refractivity contribution in [2.24, 2.45) is 0 Å². The number of benzene rings is 1. The number of carbonyl (C=O) groups is 1. The lowest BCUT2D eigenvalue weighted by Gasteiger charge is -2.27. The average Bonchev–Trinajstić information content (AvgIpc) is 3.20. The molecule has 120 valence electrons. The molecule has 2 aliphatic rings. The van der Waals surface area contributed by atoms with Crippen LogP contribution < -0.4 is 0 Å². The van der Waals surface area contributed by atoms with E-state index in [0.29, 0.717) is 12.6 Å². The molecule has 1 N–H and O–H groups in total. The molecule has 2 heterocycles. The van der Waals surface area contributed by atoms with Crippen molar-refractivity contribution in [3.05, 3.63) is 35.9 Å². The Bertz CT molecular complexity index is 485. The number of amides is 1. The van der Waals surface area contributed by atoms with Gasteiger partial charge in [0.25, 0.3) is 0 Å². The summed E-state index contributed by atoms with van der Waals surface area (Å²) < 4.78 is 0. The smallest absolute Gasteiger partial charge is 0.236 e. The second-order valence-corrected chi connectivity index (χ2v) is 6.52. The van der Waals surface area contributed by atoms with Crippen LogP contribution in [0.15, 0.2) is 30.3 Å². The summed E-state index contributed by atoms with van der Waals surface area (Å²) in [4.78, 5) is 16.6. The van der Waals surface area contributed by atoms with E-state index in [1.165, 1.54) is 0 Å². The largest absolute Gasteiger partial charge is 0.388 e. The lowest BCUT2D eigenvalue weighted by atomic mass is 10.0. The molecule has 0 saturated carbocycles. The summed E-state index contributed by atoms with van der Waals surface area (Å²) in [5.74, 6) is 0.263. The molecule has 0 bridgehead atoms. The first-order chi connectivity index (χ1) is 10.7. The van der Waals surface area contributed by atoms with E-state index in [9.17, 15) is 9.90 Å². The van der Waals surface area contributed by atoms with E-state index in [0.717, 1.165) is 57.3 Å². The number of carbonyl (C=O) groups excluding carboxylic acids is 1. The first kappa shape index (κ1) is 15.5. The van der Waals surface area contributed by atoms with Crippen LogP contribution >= 0.6 is 0 Å². The van der Waals surface area contributed by atoms with Crippen LogP contribution in [0.25, 0.3) is 0 Å². The molecule has 22 heavy (non-hydrogen) atoms. The third-order valence-electron chi connectivity index (χ3n) is 4.98. The van der Waals surface area contributed by atoms with E-state index in [1.807, 2.05) is 35.2 Å². The molecule has 4 heteroatoms. The van der Waals surface area contributed by atoms with Gasteiger partial charge in [0.2, 0.25) is 5.91 Å². The predicted molar refractivity (Wildman–Crippen MR) is 86.4 cm³/mol. The number of aliphatic hydroxyl groups excluding tert-OH is 1. The third-order valence-corrected chi connectivity index (χ3v) is 4.98. The molecule has 1 aromatic rings. The van der Waals surface area contributed by atoms with Gasteiger partial charge in [-0.2, -0.15) is 0 Å². The number of aliphatic hydroxyl groups is 1. The number of hydrogen-bond acceptors (Lipinski definition) is 3. The monoisotopic (exact) mass is 302 g/mol. The van der Waals surface area contributed by atoms with Gasteiger partial charge in [0.1, 0.15) is 0 Å². The minimum Gasteiger partial charge on any atom is -0.388 e. The van der Waals surface area contributed by atoms with Crippen LogP contribution in [0.1, 0.15) is 43.8 Å². The molecule has 4 nitrogen and oxygen atoms in total. The Morgan fingerprint density at radius 1 is 1.14 bits per heavy atom. The van der Waals surface area contributed by atoms with Crippen LogP contribution in [0.3, 0.4) is 0 Å². The molecule has 2 saturated heterocycles. The Kier molecular flexibility index (Phi) is 5.11. The Morgan fingerprint density at radius 2 is 1.86 bits per heavy atom. The van der Waals surface area contributed by atoms with E-state index in [1.54, 1.807) is 0 Å². The van der Waals surface area contributed by atoms with Crippen LogP contribution in [0.4, 0.5) is 0 Å². The number of hydrogen-bond donors (Lipinski definition) is 1. The summed E-state index contributed by atoms with van der Waals surface area (Å²) in [6.07, 6.45) is 4.77. The van der Waals surface area contributed by atoms with Gasteiger partial charge in [-0.25, -0.2) is 0 Å². The van der Waals surface area contributed by atoms with Crippen molar-refractivity contribution in [1.29, 1.82) is 0 Å². The van der Waals surface area contributed by atoms with Crippen LogP contribution in [0.2, 0.25) is 0 Å². The van der Waals surface area contributed by atoms with Crippen LogP contribution in [-0.2, 0) is 4.79 Å². The zero-order valence-corrected chi connectivity index (χ0v) is 13.2. The van der Waals surface area contributed by atoms with E-state index >= 15 is 0 Å². The molecule has 2 aliphatic heterocycles. The van der Waals surface area contributed by atoms with Crippen molar-refractivity contribution in [2.75, 3.05) is 26.2 Å². The van der Waals surface area contributed by atoms with Gasteiger partial charge in [-0.15, -0.1) is 0 Å². The minimum atomic E-state index is -0.436. The van der Waals surface area contributed by atoms with Gasteiger partial charge in [0.15, 0.2) is 0 Å². The topological polar surface area (TPSA) is 43.8 Å². The highest BCUT2D eigenvalue weighted by Gasteiger charge is 2.30. The van der Waals surface area contributed by atoms with Gasteiger partial charge in [-0.1, -0.05) is 30.3 Å². The van der Waals surface area contributed by atoms with Crippen LogP contribution in [-0.4, -0.2) is 53.0 Å². The van der Waals surface area contributed by atoms with Crippen molar-refractivity contribution in [3.63, 3.8) is 0 Å². The van der Waals surface area contributed by atoms with Crippen molar-refractivity contribution < 1.29 is 9.90 Å². The van der Waals surface area contributed by atoms with Crippen molar-refractivity contribution in [2.45, 2.75) is 44.2 Å². The second-order valence-electron chi connectivity index (χ2n) is 6.52. The van der Waals surface area contributed by atoms with Gasteiger partial charge in [0, 0.05) is 19.1 Å². The summed E-state index contributed by atoms with van der Waals surface area (Å²) >= 11 is 0. The van der Waals surface area contributed by atoms with Gasteiger partial charge in [0.05, 0.1) is 12.6 Å².